The zero-order valence-electron chi connectivity index (χ0n) is 14.3. The van der Waals surface area contributed by atoms with E-state index in [2.05, 4.69) is 16.0 Å². The van der Waals surface area contributed by atoms with Crippen molar-refractivity contribution in [2.75, 3.05) is 5.32 Å². The summed E-state index contributed by atoms with van der Waals surface area (Å²) in [7, 11) is 0. The Balaban J connectivity index is 0.00000182. The number of nitrogens with one attached hydrogen (secondary N) is 3. The number of hydrogen-bond donors (Lipinski definition) is 3. The van der Waals surface area contributed by atoms with E-state index in [1.807, 2.05) is 12.1 Å². The molecule has 1 saturated heterocycles. The van der Waals surface area contributed by atoms with Crippen LogP contribution in [0.2, 0.25) is 0 Å². The molecule has 4 rings (SSSR count). The fourth-order valence-corrected chi connectivity index (χ4v) is 3.95. The Morgan fingerprint density at radius 3 is 2.40 bits per heavy atom. The summed E-state index contributed by atoms with van der Waals surface area (Å²) in [6.45, 7) is 0. The Hall–Kier alpha value is -1.59. The fourth-order valence-electron chi connectivity index (χ4n) is 3.95. The largest absolute Gasteiger partial charge is 0.349 e. The average Bonchev–Trinajstić information content (AvgIpc) is 3.29. The number of benzene rings is 1. The first-order chi connectivity index (χ1) is 11.7. The normalized spacial score (nSPS) is 27.8. The molecule has 1 aliphatic heterocycles. The molecule has 3 unspecified atom stereocenters. The van der Waals surface area contributed by atoms with Crippen molar-refractivity contribution in [1.29, 1.82) is 0 Å². The predicted octanol–water partition coefficient (Wildman–Crippen LogP) is 2.86. The molecule has 3 atom stereocenters. The lowest BCUT2D eigenvalue weighted by Crippen LogP contribution is -2.39. The molecule has 1 aromatic carbocycles. The lowest BCUT2D eigenvalue weighted by molar-refractivity contribution is -0.117. The second-order valence-corrected chi connectivity index (χ2v) is 7.42. The van der Waals surface area contributed by atoms with Crippen molar-refractivity contribution < 1.29 is 9.59 Å². The van der Waals surface area contributed by atoms with Crippen LogP contribution in [0.5, 0.6) is 0 Å². The number of carbonyl (C=O) groups is 2. The molecule has 3 fully saturated rings. The molecule has 5 nitrogen and oxygen atoms in total. The first kappa shape index (κ1) is 18.2. The van der Waals surface area contributed by atoms with Gasteiger partial charge in [0.1, 0.15) is 0 Å². The van der Waals surface area contributed by atoms with Gasteiger partial charge in [-0.3, -0.25) is 9.59 Å². The van der Waals surface area contributed by atoms with Crippen LogP contribution in [0.4, 0.5) is 5.69 Å². The Kier molecular flexibility index (Phi) is 5.64. The highest BCUT2D eigenvalue weighted by Crippen LogP contribution is 2.33. The Bertz CT molecular complexity index is 616. The zero-order chi connectivity index (χ0) is 16.5. The van der Waals surface area contributed by atoms with Gasteiger partial charge in [0.25, 0.3) is 5.91 Å². The second-order valence-electron chi connectivity index (χ2n) is 7.42. The van der Waals surface area contributed by atoms with Crippen molar-refractivity contribution in [3.63, 3.8) is 0 Å². The maximum absolute atomic E-state index is 12.5. The molecular formula is C19H26ClN3O2. The fraction of sp³-hybridized carbons (Fsp3) is 0.579. The summed E-state index contributed by atoms with van der Waals surface area (Å²) in [6, 6.07) is 7.95. The number of anilines is 1. The van der Waals surface area contributed by atoms with E-state index in [4.69, 9.17) is 0 Å². The lowest BCUT2D eigenvalue weighted by Gasteiger charge is -2.24. The van der Waals surface area contributed by atoms with Gasteiger partial charge in [0.15, 0.2) is 0 Å². The molecule has 0 aromatic heterocycles. The van der Waals surface area contributed by atoms with E-state index < -0.39 is 0 Å². The van der Waals surface area contributed by atoms with Crippen molar-refractivity contribution in [3.05, 3.63) is 29.8 Å². The molecule has 1 aromatic rings. The van der Waals surface area contributed by atoms with Crippen LogP contribution < -0.4 is 16.0 Å². The van der Waals surface area contributed by atoms with Gasteiger partial charge >= 0.3 is 0 Å². The van der Waals surface area contributed by atoms with Gasteiger partial charge in [-0.2, -0.15) is 0 Å². The monoisotopic (exact) mass is 363 g/mol. The van der Waals surface area contributed by atoms with Crippen LogP contribution >= 0.6 is 12.4 Å². The lowest BCUT2D eigenvalue weighted by atomic mass is 9.85. The summed E-state index contributed by atoms with van der Waals surface area (Å²) in [4.78, 5) is 24.5. The molecule has 0 spiro atoms. The van der Waals surface area contributed by atoms with Gasteiger partial charge in [0, 0.05) is 23.3 Å². The van der Waals surface area contributed by atoms with Crippen molar-refractivity contribution in [2.45, 2.75) is 63.1 Å². The number of rotatable bonds is 4. The molecule has 25 heavy (non-hydrogen) atoms. The van der Waals surface area contributed by atoms with E-state index in [0.717, 1.165) is 24.9 Å². The quantitative estimate of drug-likeness (QED) is 0.770. The van der Waals surface area contributed by atoms with Crippen LogP contribution in [0.3, 0.4) is 0 Å². The maximum Gasteiger partial charge on any atom is 0.251 e. The van der Waals surface area contributed by atoms with Crippen molar-refractivity contribution in [2.24, 2.45) is 5.92 Å². The Labute approximate surface area is 154 Å². The molecule has 3 N–H and O–H groups in total. The molecule has 6 heteroatoms. The SMILES string of the molecule is Cl.O=C(NC1CC1)c1ccc(NC(=O)C2CC3CCCCC3N2)cc1. The van der Waals surface area contributed by atoms with E-state index in [1.54, 1.807) is 12.1 Å². The van der Waals surface area contributed by atoms with Crippen molar-refractivity contribution in [1.82, 2.24) is 10.6 Å². The zero-order valence-corrected chi connectivity index (χ0v) is 15.1. The minimum Gasteiger partial charge on any atom is -0.349 e. The first-order valence-corrected chi connectivity index (χ1v) is 9.17. The summed E-state index contributed by atoms with van der Waals surface area (Å²) in [5, 5.41) is 9.44. The van der Waals surface area contributed by atoms with E-state index in [1.165, 1.54) is 25.7 Å². The van der Waals surface area contributed by atoms with Crippen LogP contribution in [-0.2, 0) is 4.79 Å². The third-order valence-corrected chi connectivity index (χ3v) is 5.51. The molecule has 2 amide bonds. The summed E-state index contributed by atoms with van der Waals surface area (Å²) in [6.07, 6.45) is 8.10. The smallest absolute Gasteiger partial charge is 0.251 e. The topological polar surface area (TPSA) is 70.2 Å². The van der Waals surface area contributed by atoms with Gasteiger partial charge in [0.05, 0.1) is 6.04 Å². The van der Waals surface area contributed by atoms with Crippen molar-refractivity contribution >= 4 is 29.9 Å². The highest BCUT2D eigenvalue weighted by molar-refractivity contribution is 5.97. The molecule has 0 radical (unpaired) electrons. The molecule has 2 saturated carbocycles. The third-order valence-electron chi connectivity index (χ3n) is 5.51. The number of fused-ring (bicyclic) bond motifs is 1. The Morgan fingerprint density at radius 1 is 1.00 bits per heavy atom. The summed E-state index contributed by atoms with van der Waals surface area (Å²) >= 11 is 0. The van der Waals surface area contributed by atoms with Crippen LogP contribution in [0.25, 0.3) is 0 Å². The summed E-state index contributed by atoms with van der Waals surface area (Å²) in [5.41, 5.74) is 1.39. The molecule has 0 bridgehead atoms. The number of amides is 2. The van der Waals surface area contributed by atoms with Gasteiger partial charge in [-0.15, -0.1) is 12.4 Å². The van der Waals surface area contributed by atoms with E-state index in [-0.39, 0.29) is 30.3 Å². The second kappa shape index (κ2) is 7.75. The number of halogens is 1. The molecule has 136 valence electrons. The van der Waals surface area contributed by atoms with Crippen LogP contribution in [0.15, 0.2) is 24.3 Å². The first-order valence-electron chi connectivity index (χ1n) is 9.17. The van der Waals surface area contributed by atoms with Gasteiger partial charge < -0.3 is 16.0 Å². The summed E-state index contributed by atoms with van der Waals surface area (Å²) < 4.78 is 0. The van der Waals surface area contributed by atoms with Gasteiger partial charge in [-0.05, 0) is 62.3 Å². The summed E-state index contributed by atoms with van der Waals surface area (Å²) in [5.74, 6) is 0.666. The molecular weight excluding hydrogens is 338 g/mol. The van der Waals surface area contributed by atoms with Crippen molar-refractivity contribution in [3.8, 4) is 0 Å². The number of hydrogen-bond acceptors (Lipinski definition) is 3. The third kappa shape index (κ3) is 4.33. The average molecular weight is 364 g/mol. The number of carbonyl (C=O) groups excluding carboxylic acids is 2. The van der Waals surface area contributed by atoms with E-state index in [0.29, 0.717) is 23.6 Å². The van der Waals surface area contributed by atoms with Gasteiger partial charge in [-0.1, -0.05) is 12.8 Å². The minimum atomic E-state index is -0.0871. The predicted molar refractivity (Wildman–Crippen MR) is 100 cm³/mol. The van der Waals surface area contributed by atoms with E-state index in [9.17, 15) is 9.59 Å². The minimum absolute atomic E-state index is 0. The molecule has 1 heterocycles. The van der Waals surface area contributed by atoms with Crippen LogP contribution in [-0.4, -0.2) is 29.9 Å². The highest BCUT2D eigenvalue weighted by Gasteiger charge is 2.38. The van der Waals surface area contributed by atoms with Gasteiger partial charge in [0.2, 0.25) is 5.91 Å². The molecule has 2 aliphatic carbocycles. The maximum atomic E-state index is 12.5. The van der Waals surface area contributed by atoms with Gasteiger partial charge in [-0.25, -0.2) is 0 Å². The highest BCUT2D eigenvalue weighted by atomic mass is 35.5. The van der Waals surface area contributed by atoms with Crippen LogP contribution in [0, 0.1) is 5.92 Å². The Morgan fingerprint density at radius 2 is 1.72 bits per heavy atom. The van der Waals surface area contributed by atoms with E-state index >= 15 is 0 Å². The van der Waals surface area contributed by atoms with Crippen LogP contribution in [0.1, 0.15) is 55.3 Å². The molecule has 3 aliphatic rings. The standard InChI is InChI=1S/C19H25N3O2.ClH/c23-18(20-15-9-10-15)12-5-7-14(8-6-12)21-19(24)17-11-13-3-1-2-4-16(13)22-17;/h5-8,13,15-17,22H,1-4,9-11H2,(H,20,23)(H,21,24);1H.